The predicted molar refractivity (Wildman–Crippen MR) is 83.0 cm³/mol. The summed E-state index contributed by atoms with van der Waals surface area (Å²) in [7, 11) is 0. The van der Waals surface area contributed by atoms with Gasteiger partial charge in [0.15, 0.2) is 0 Å². The summed E-state index contributed by atoms with van der Waals surface area (Å²) in [6.07, 6.45) is 6.39. The van der Waals surface area contributed by atoms with Crippen molar-refractivity contribution in [1.29, 1.82) is 5.26 Å². The molecule has 1 aliphatic rings. The lowest BCUT2D eigenvalue weighted by molar-refractivity contribution is -0.111. The number of nitrogens with zero attached hydrogens (tertiary/aromatic N) is 1. The molecule has 20 heavy (non-hydrogen) atoms. The van der Waals surface area contributed by atoms with Gasteiger partial charge in [0, 0.05) is 15.8 Å². The van der Waals surface area contributed by atoms with Crippen LogP contribution in [0.25, 0.3) is 6.08 Å². The van der Waals surface area contributed by atoms with Gasteiger partial charge in [-0.15, -0.1) is 22.7 Å². The van der Waals surface area contributed by atoms with Gasteiger partial charge in [0.2, 0.25) is 5.91 Å². The lowest BCUT2D eigenvalue weighted by Crippen LogP contribution is -2.07. The van der Waals surface area contributed by atoms with Crippen LogP contribution in [0.4, 0.5) is 5.00 Å². The second kappa shape index (κ2) is 5.61. The SMILES string of the molecule is N#Cc1c(NC(=O)/C=C/c2cccs2)sc2c1CCC2. The lowest BCUT2D eigenvalue weighted by atomic mass is 10.1. The Labute approximate surface area is 125 Å². The highest BCUT2D eigenvalue weighted by Gasteiger charge is 2.22. The third-order valence-corrected chi connectivity index (χ3v) is 5.26. The maximum absolute atomic E-state index is 11.9. The summed E-state index contributed by atoms with van der Waals surface area (Å²) in [6.45, 7) is 0. The van der Waals surface area contributed by atoms with Crippen molar-refractivity contribution in [2.24, 2.45) is 0 Å². The fourth-order valence-corrected chi connectivity index (χ4v) is 4.17. The molecular formula is C15H12N2OS2. The zero-order valence-corrected chi connectivity index (χ0v) is 12.3. The standard InChI is InChI=1S/C15H12N2OS2/c16-9-12-11-4-1-5-13(11)20-15(12)17-14(18)7-6-10-3-2-8-19-10/h2-3,6-8H,1,4-5H2,(H,17,18)/b7-6+. The maximum Gasteiger partial charge on any atom is 0.249 e. The van der Waals surface area contributed by atoms with Gasteiger partial charge in [-0.3, -0.25) is 4.79 Å². The molecule has 0 aromatic carbocycles. The number of amides is 1. The minimum atomic E-state index is -0.185. The minimum absolute atomic E-state index is 0.185. The number of aryl methyl sites for hydroxylation is 1. The van der Waals surface area contributed by atoms with Gasteiger partial charge >= 0.3 is 0 Å². The van der Waals surface area contributed by atoms with Crippen LogP contribution in [0.15, 0.2) is 23.6 Å². The van der Waals surface area contributed by atoms with Crippen molar-refractivity contribution in [2.75, 3.05) is 5.32 Å². The van der Waals surface area contributed by atoms with E-state index in [1.54, 1.807) is 17.4 Å². The number of carbonyl (C=O) groups excluding carboxylic acids is 1. The number of nitriles is 1. The Balaban J connectivity index is 1.75. The van der Waals surface area contributed by atoms with E-state index in [0.29, 0.717) is 10.6 Å². The Bertz CT molecular complexity index is 705. The van der Waals surface area contributed by atoms with Crippen LogP contribution in [0.1, 0.15) is 27.3 Å². The molecule has 2 heterocycles. The van der Waals surface area contributed by atoms with Crippen LogP contribution < -0.4 is 5.32 Å². The first-order chi connectivity index (χ1) is 9.78. The summed E-state index contributed by atoms with van der Waals surface area (Å²) in [6, 6.07) is 6.12. The fourth-order valence-electron chi connectivity index (χ4n) is 2.31. The van der Waals surface area contributed by atoms with Crippen molar-refractivity contribution in [2.45, 2.75) is 19.3 Å². The van der Waals surface area contributed by atoms with Crippen LogP contribution in [-0.2, 0) is 17.6 Å². The second-order valence-electron chi connectivity index (χ2n) is 4.51. The Morgan fingerprint density at radius 2 is 2.35 bits per heavy atom. The Morgan fingerprint density at radius 1 is 1.45 bits per heavy atom. The van der Waals surface area contributed by atoms with Crippen LogP contribution in [-0.4, -0.2) is 5.91 Å². The highest BCUT2D eigenvalue weighted by molar-refractivity contribution is 7.16. The van der Waals surface area contributed by atoms with Gasteiger partial charge in [-0.1, -0.05) is 6.07 Å². The van der Waals surface area contributed by atoms with Crippen molar-refractivity contribution < 1.29 is 4.79 Å². The van der Waals surface area contributed by atoms with Gasteiger partial charge in [0.25, 0.3) is 0 Å². The summed E-state index contributed by atoms with van der Waals surface area (Å²) >= 11 is 3.12. The van der Waals surface area contributed by atoms with E-state index in [2.05, 4.69) is 11.4 Å². The summed E-state index contributed by atoms with van der Waals surface area (Å²) in [5.41, 5.74) is 1.79. The van der Waals surface area contributed by atoms with E-state index in [4.69, 9.17) is 0 Å². The molecule has 0 aliphatic heterocycles. The predicted octanol–water partition coefficient (Wildman–Crippen LogP) is 3.82. The normalized spacial score (nSPS) is 13.3. The van der Waals surface area contributed by atoms with E-state index in [1.165, 1.54) is 22.3 Å². The first-order valence-corrected chi connectivity index (χ1v) is 8.05. The van der Waals surface area contributed by atoms with Crippen LogP contribution in [0.5, 0.6) is 0 Å². The largest absolute Gasteiger partial charge is 0.313 e. The highest BCUT2D eigenvalue weighted by Crippen LogP contribution is 2.38. The second-order valence-corrected chi connectivity index (χ2v) is 6.60. The molecule has 0 unspecified atom stereocenters. The molecule has 2 aromatic rings. The molecule has 3 nitrogen and oxygen atoms in total. The van der Waals surface area contributed by atoms with Crippen LogP contribution in [0.2, 0.25) is 0 Å². The smallest absolute Gasteiger partial charge is 0.249 e. The Kier molecular flexibility index (Phi) is 3.68. The number of anilines is 1. The summed E-state index contributed by atoms with van der Waals surface area (Å²) in [5, 5.41) is 14.7. The molecule has 0 saturated heterocycles. The first kappa shape index (κ1) is 13.1. The summed E-state index contributed by atoms with van der Waals surface area (Å²) < 4.78 is 0. The van der Waals surface area contributed by atoms with E-state index >= 15 is 0 Å². The average Bonchev–Trinajstić information content (AvgIpc) is 3.12. The molecule has 0 saturated carbocycles. The van der Waals surface area contributed by atoms with Crippen molar-refractivity contribution in [3.63, 3.8) is 0 Å². The first-order valence-electron chi connectivity index (χ1n) is 6.35. The van der Waals surface area contributed by atoms with E-state index in [1.807, 2.05) is 17.5 Å². The van der Waals surface area contributed by atoms with Gasteiger partial charge in [-0.05, 0) is 42.3 Å². The van der Waals surface area contributed by atoms with E-state index in [-0.39, 0.29) is 5.91 Å². The number of nitrogens with one attached hydrogen (secondary N) is 1. The molecule has 0 radical (unpaired) electrons. The molecule has 0 spiro atoms. The molecule has 1 amide bonds. The molecule has 0 fully saturated rings. The van der Waals surface area contributed by atoms with Crippen molar-refractivity contribution in [1.82, 2.24) is 0 Å². The van der Waals surface area contributed by atoms with Gasteiger partial charge in [0.1, 0.15) is 11.1 Å². The Morgan fingerprint density at radius 3 is 3.10 bits per heavy atom. The van der Waals surface area contributed by atoms with E-state index < -0.39 is 0 Å². The fraction of sp³-hybridized carbons (Fsp3) is 0.200. The molecule has 1 aliphatic carbocycles. The van der Waals surface area contributed by atoms with E-state index in [9.17, 15) is 10.1 Å². The molecule has 0 atom stereocenters. The van der Waals surface area contributed by atoms with Gasteiger partial charge in [-0.25, -0.2) is 0 Å². The zero-order valence-electron chi connectivity index (χ0n) is 10.7. The lowest BCUT2D eigenvalue weighted by Gasteiger charge is -1.99. The third kappa shape index (κ3) is 2.53. The molecule has 2 aromatic heterocycles. The van der Waals surface area contributed by atoms with Crippen molar-refractivity contribution >= 4 is 39.7 Å². The third-order valence-electron chi connectivity index (χ3n) is 3.21. The number of carbonyl (C=O) groups is 1. The molecule has 5 heteroatoms. The molecular weight excluding hydrogens is 288 g/mol. The molecule has 0 bridgehead atoms. The minimum Gasteiger partial charge on any atom is -0.313 e. The quantitative estimate of drug-likeness (QED) is 0.876. The number of fused-ring (bicyclic) bond motifs is 1. The molecule has 100 valence electrons. The van der Waals surface area contributed by atoms with Crippen LogP contribution >= 0.6 is 22.7 Å². The molecule has 3 rings (SSSR count). The van der Waals surface area contributed by atoms with Crippen LogP contribution in [0, 0.1) is 11.3 Å². The zero-order chi connectivity index (χ0) is 13.9. The van der Waals surface area contributed by atoms with Gasteiger partial charge < -0.3 is 5.32 Å². The van der Waals surface area contributed by atoms with Gasteiger partial charge in [-0.2, -0.15) is 5.26 Å². The number of rotatable bonds is 3. The van der Waals surface area contributed by atoms with Crippen LogP contribution in [0.3, 0.4) is 0 Å². The van der Waals surface area contributed by atoms with Crippen molar-refractivity contribution in [3.05, 3.63) is 44.5 Å². The van der Waals surface area contributed by atoms with Gasteiger partial charge in [0.05, 0.1) is 5.56 Å². The monoisotopic (exact) mass is 300 g/mol. The highest BCUT2D eigenvalue weighted by atomic mass is 32.1. The van der Waals surface area contributed by atoms with E-state index in [0.717, 1.165) is 29.7 Å². The molecule has 1 N–H and O–H groups in total. The average molecular weight is 300 g/mol. The number of thiophene rings is 2. The number of hydrogen-bond acceptors (Lipinski definition) is 4. The number of hydrogen-bond donors (Lipinski definition) is 1. The van der Waals surface area contributed by atoms with Crippen molar-refractivity contribution in [3.8, 4) is 6.07 Å². The topological polar surface area (TPSA) is 52.9 Å². The summed E-state index contributed by atoms with van der Waals surface area (Å²) in [5.74, 6) is -0.185. The Hall–Kier alpha value is -1.90. The summed E-state index contributed by atoms with van der Waals surface area (Å²) in [4.78, 5) is 14.2. The maximum atomic E-state index is 11.9.